The van der Waals surface area contributed by atoms with Crippen LogP contribution < -0.4 is 0 Å². The lowest BCUT2D eigenvalue weighted by Gasteiger charge is -2.12. The summed E-state index contributed by atoms with van der Waals surface area (Å²) in [6.45, 7) is 5.57. The maximum absolute atomic E-state index is 11.5. The first-order valence-corrected chi connectivity index (χ1v) is 5.59. The Morgan fingerprint density at radius 3 is 2.57 bits per heavy atom. The fraction of sp³-hybridized carbons (Fsp3) is 0.444. The van der Waals surface area contributed by atoms with Gasteiger partial charge in [0.25, 0.3) is 0 Å². The van der Waals surface area contributed by atoms with Crippen LogP contribution in [0.2, 0.25) is 5.22 Å². The number of nitrogens with zero attached hydrogens (tertiary/aromatic N) is 1. The molecule has 0 aliphatic carbocycles. The molecule has 5 heteroatoms. The van der Waals surface area contributed by atoms with Gasteiger partial charge in [-0.3, -0.25) is 0 Å². The van der Waals surface area contributed by atoms with Gasteiger partial charge in [0, 0.05) is 0 Å². The molecule has 1 unspecified atom stereocenters. The first kappa shape index (κ1) is 11.5. The Morgan fingerprint density at radius 1 is 1.50 bits per heavy atom. The van der Waals surface area contributed by atoms with Crippen LogP contribution in [-0.2, 0) is 11.0 Å². The van der Waals surface area contributed by atoms with Crippen LogP contribution in [0.4, 0.5) is 0 Å². The molecule has 0 amide bonds. The van der Waals surface area contributed by atoms with Crippen LogP contribution in [0, 0.1) is 0 Å². The predicted molar refractivity (Wildman–Crippen MR) is 59.2 cm³/mol. The van der Waals surface area contributed by atoms with Gasteiger partial charge in [-0.1, -0.05) is 0 Å². The van der Waals surface area contributed by atoms with Gasteiger partial charge in [-0.25, -0.2) is 4.21 Å². The minimum absolute atomic E-state index is 0.299. The van der Waals surface area contributed by atoms with Crippen molar-refractivity contribution >= 4 is 28.8 Å². The smallest absolute Gasteiger partial charge is 0.193 e. The second-order valence-electron chi connectivity index (χ2n) is 3.74. The zero-order valence-electron chi connectivity index (χ0n) is 8.28. The summed E-state index contributed by atoms with van der Waals surface area (Å²) in [5, 5.41) is 0.299. The quantitative estimate of drug-likeness (QED) is 0.738. The van der Waals surface area contributed by atoms with Crippen LogP contribution in [0.5, 0.6) is 0 Å². The first-order valence-electron chi connectivity index (χ1n) is 4.11. The van der Waals surface area contributed by atoms with Crippen molar-refractivity contribution in [3.8, 4) is 0 Å². The van der Waals surface area contributed by atoms with E-state index in [0.29, 0.717) is 11.0 Å². The van der Waals surface area contributed by atoms with E-state index in [1.807, 2.05) is 20.8 Å². The number of furan rings is 1. The molecule has 1 atom stereocenters. The van der Waals surface area contributed by atoms with Crippen molar-refractivity contribution in [3.63, 3.8) is 0 Å². The van der Waals surface area contributed by atoms with Crippen molar-refractivity contribution in [1.82, 2.24) is 0 Å². The summed E-state index contributed by atoms with van der Waals surface area (Å²) < 4.78 is 20.0. The van der Waals surface area contributed by atoms with Crippen molar-refractivity contribution in [2.24, 2.45) is 4.40 Å². The van der Waals surface area contributed by atoms with Crippen molar-refractivity contribution in [1.29, 1.82) is 0 Å². The summed E-state index contributed by atoms with van der Waals surface area (Å²) in [7, 11) is -1.26. The highest BCUT2D eigenvalue weighted by Gasteiger charge is 2.18. The Bertz CT molecular complexity index is 365. The molecule has 0 saturated carbocycles. The monoisotopic (exact) mass is 233 g/mol. The van der Waals surface area contributed by atoms with Crippen molar-refractivity contribution in [2.45, 2.75) is 25.5 Å². The Kier molecular flexibility index (Phi) is 3.50. The largest absolute Gasteiger partial charge is 0.444 e. The molecule has 0 fully saturated rings. The minimum atomic E-state index is -1.26. The predicted octanol–water partition coefficient (Wildman–Crippen LogP) is 2.81. The molecule has 1 aromatic heterocycles. The van der Waals surface area contributed by atoms with Crippen LogP contribution >= 0.6 is 11.6 Å². The fourth-order valence-electron chi connectivity index (χ4n) is 0.656. The highest BCUT2D eigenvalue weighted by Crippen LogP contribution is 2.14. The van der Waals surface area contributed by atoms with Crippen LogP contribution in [0.1, 0.15) is 26.5 Å². The molecule has 0 spiro atoms. The number of halogens is 1. The Hall–Kier alpha value is -0.610. The van der Waals surface area contributed by atoms with E-state index < -0.39 is 11.0 Å². The van der Waals surface area contributed by atoms with Crippen molar-refractivity contribution in [3.05, 3.63) is 23.1 Å². The SMILES string of the molecule is CC(C)(C)S(=O)N=Cc1ccc(Cl)o1. The van der Waals surface area contributed by atoms with Crippen molar-refractivity contribution in [2.75, 3.05) is 0 Å². The Balaban J connectivity index is 2.70. The Labute approximate surface area is 90.8 Å². The summed E-state index contributed by atoms with van der Waals surface area (Å²) in [6.07, 6.45) is 1.42. The highest BCUT2D eigenvalue weighted by molar-refractivity contribution is 7.85. The normalized spacial score (nSPS) is 14.9. The highest BCUT2D eigenvalue weighted by atomic mass is 35.5. The fourth-order valence-corrected chi connectivity index (χ4v) is 1.32. The van der Waals surface area contributed by atoms with Crippen LogP contribution in [0.25, 0.3) is 0 Å². The van der Waals surface area contributed by atoms with Crippen molar-refractivity contribution < 1.29 is 8.63 Å². The molecule has 78 valence electrons. The summed E-state index contributed by atoms with van der Waals surface area (Å²) in [5.41, 5.74) is 0. The van der Waals surface area contributed by atoms with Gasteiger partial charge in [0.2, 0.25) is 0 Å². The standard InChI is InChI=1S/C9H12ClNO2S/c1-9(2,3)14(12)11-6-7-4-5-8(10)13-7/h4-6H,1-3H3. The molecule has 14 heavy (non-hydrogen) atoms. The van der Waals surface area contributed by atoms with E-state index in [4.69, 9.17) is 16.0 Å². The summed E-state index contributed by atoms with van der Waals surface area (Å²) in [4.78, 5) is 0. The van der Waals surface area contributed by atoms with Gasteiger partial charge in [-0.2, -0.15) is 4.40 Å². The molecule has 3 nitrogen and oxygen atoms in total. The maximum atomic E-state index is 11.5. The van der Waals surface area contributed by atoms with Crippen LogP contribution in [-0.4, -0.2) is 15.2 Å². The number of rotatable bonds is 2. The molecule has 1 aromatic rings. The van der Waals surface area contributed by atoms with Gasteiger partial charge < -0.3 is 4.42 Å². The molecule has 1 rings (SSSR count). The summed E-state index contributed by atoms with van der Waals surface area (Å²) in [5.74, 6) is 0.507. The first-order chi connectivity index (χ1) is 6.39. The third-order valence-electron chi connectivity index (χ3n) is 1.39. The molecule has 0 saturated heterocycles. The third-order valence-corrected chi connectivity index (χ3v) is 2.94. The lowest BCUT2D eigenvalue weighted by atomic mass is 10.3. The molecule has 1 heterocycles. The van der Waals surface area contributed by atoms with E-state index in [2.05, 4.69) is 4.40 Å². The van der Waals surface area contributed by atoms with E-state index >= 15 is 0 Å². The lowest BCUT2D eigenvalue weighted by Crippen LogP contribution is -2.19. The molecule has 0 radical (unpaired) electrons. The second-order valence-corrected chi connectivity index (χ2v) is 6.04. The van der Waals surface area contributed by atoms with Gasteiger partial charge in [-0.15, -0.1) is 0 Å². The van der Waals surface area contributed by atoms with Gasteiger partial charge in [0.05, 0.1) is 11.0 Å². The minimum Gasteiger partial charge on any atom is -0.444 e. The van der Waals surface area contributed by atoms with Gasteiger partial charge in [0.15, 0.2) is 5.22 Å². The Morgan fingerprint density at radius 2 is 2.14 bits per heavy atom. The third kappa shape index (κ3) is 3.27. The summed E-state index contributed by atoms with van der Waals surface area (Å²) in [6, 6.07) is 3.29. The molecule has 0 aliphatic heterocycles. The zero-order chi connectivity index (χ0) is 10.8. The zero-order valence-corrected chi connectivity index (χ0v) is 9.85. The van der Waals surface area contributed by atoms with E-state index in [1.54, 1.807) is 12.1 Å². The van der Waals surface area contributed by atoms with Crippen LogP contribution in [0.15, 0.2) is 20.9 Å². The van der Waals surface area contributed by atoms with E-state index in [1.165, 1.54) is 6.21 Å². The number of hydrogen-bond donors (Lipinski definition) is 0. The molecule has 0 aromatic carbocycles. The van der Waals surface area contributed by atoms with E-state index in [9.17, 15) is 4.21 Å². The molecule has 0 aliphatic rings. The maximum Gasteiger partial charge on any atom is 0.193 e. The van der Waals surface area contributed by atoms with Gasteiger partial charge in [-0.05, 0) is 44.5 Å². The topological polar surface area (TPSA) is 42.6 Å². The van der Waals surface area contributed by atoms with Crippen LogP contribution in [0.3, 0.4) is 0 Å². The average Bonchev–Trinajstić information content (AvgIpc) is 2.45. The lowest BCUT2D eigenvalue weighted by molar-refractivity contribution is 0.562. The summed E-state index contributed by atoms with van der Waals surface area (Å²) >= 11 is 5.56. The van der Waals surface area contributed by atoms with Gasteiger partial charge in [0.1, 0.15) is 16.7 Å². The molecular weight excluding hydrogens is 222 g/mol. The number of hydrogen-bond acceptors (Lipinski definition) is 2. The van der Waals surface area contributed by atoms with E-state index in [0.717, 1.165) is 0 Å². The average molecular weight is 234 g/mol. The second kappa shape index (κ2) is 4.28. The molecule has 0 bridgehead atoms. The molecule has 0 N–H and O–H groups in total. The van der Waals surface area contributed by atoms with Gasteiger partial charge >= 0.3 is 0 Å². The van der Waals surface area contributed by atoms with E-state index in [-0.39, 0.29) is 4.75 Å². The molecular formula is C9H12ClNO2S.